The minimum Gasteiger partial charge on any atom is -0.495 e. The topological polar surface area (TPSA) is 88.6 Å². The van der Waals surface area contributed by atoms with E-state index in [9.17, 15) is 13.2 Å². The number of thioether (sulfide) groups is 1. The van der Waals surface area contributed by atoms with Crippen LogP contribution in [0.5, 0.6) is 5.75 Å². The van der Waals surface area contributed by atoms with E-state index in [0.29, 0.717) is 22.3 Å². The van der Waals surface area contributed by atoms with Crippen molar-refractivity contribution >= 4 is 78.1 Å². The number of aromatic nitrogens is 1. The van der Waals surface area contributed by atoms with Crippen LogP contribution in [0.25, 0.3) is 10.2 Å². The summed E-state index contributed by atoms with van der Waals surface area (Å²) in [7, 11) is -2.73. The first-order chi connectivity index (χ1) is 17.3. The molecule has 188 valence electrons. The van der Waals surface area contributed by atoms with Gasteiger partial charge in [-0.1, -0.05) is 47.1 Å². The second-order valence-corrected chi connectivity index (χ2v) is 12.5. The number of anilines is 1. The number of methoxy groups -OCH3 is 1. The largest absolute Gasteiger partial charge is 0.495 e. The molecule has 0 saturated carbocycles. The maximum Gasteiger partial charge on any atom is 0.264 e. The fourth-order valence-electron chi connectivity index (χ4n) is 3.32. The van der Waals surface area contributed by atoms with Gasteiger partial charge in [-0.25, -0.2) is 13.4 Å². The van der Waals surface area contributed by atoms with E-state index in [4.69, 9.17) is 27.9 Å². The third-order valence-corrected chi connectivity index (χ3v) is 9.46. The number of ether oxygens (including phenoxy) is 1. The van der Waals surface area contributed by atoms with Gasteiger partial charge in [-0.2, -0.15) is 0 Å². The molecule has 36 heavy (non-hydrogen) atoms. The first kappa shape index (κ1) is 26.6. The van der Waals surface area contributed by atoms with Crippen LogP contribution in [0.15, 0.2) is 76.0 Å². The summed E-state index contributed by atoms with van der Waals surface area (Å²) >= 11 is 15.2. The highest BCUT2D eigenvalue weighted by molar-refractivity contribution is 8.01. The number of sulfonamides is 1. The number of thiazole rings is 1. The minimum atomic E-state index is -4.14. The number of para-hydroxylation sites is 1. The van der Waals surface area contributed by atoms with Crippen LogP contribution in [0.1, 0.15) is 0 Å². The van der Waals surface area contributed by atoms with Gasteiger partial charge in [-0.3, -0.25) is 9.10 Å². The van der Waals surface area contributed by atoms with Crippen LogP contribution in [0.2, 0.25) is 10.0 Å². The molecule has 0 aliphatic carbocycles. The molecule has 0 unspecified atom stereocenters. The van der Waals surface area contributed by atoms with Crippen molar-refractivity contribution < 1.29 is 17.9 Å². The van der Waals surface area contributed by atoms with Crippen molar-refractivity contribution in [3.8, 4) is 5.75 Å². The van der Waals surface area contributed by atoms with Gasteiger partial charge in [-0.05, 0) is 54.6 Å². The number of nitrogens with zero attached hydrogens (tertiary/aromatic N) is 2. The van der Waals surface area contributed by atoms with Crippen molar-refractivity contribution in [3.63, 3.8) is 0 Å². The average molecular weight is 583 g/mol. The zero-order valence-electron chi connectivity index (χ0n) is 19.0. The second-order valence-electron chi connectivity index (χ2n) is 7.43. The number of hydrogen-bond donors (Lipinski definition) is 1. The van der Waals surface area contributed by atoms with Crippen molar-refractivity contribution in [1.82, 2.24) is 10.3 Å². The van der Waals surface area contributed by atoms with Gasteiger partial charge in [0.05, 0.1) is 27.9 Å². The Hall–Kier alpha value is -2.50. The van der Waals surface area contributed by atoms with Crippen LogP contribution in [0, 0.1) is 0 Å². The van der Waals surface area contributed by atoms with Gasteiger partial charge in [-0.15, -0.1) is 11.3 Å². The van der Waals surface area contributed by atoms with Crippen LogP contribution in [-0.4, -0.2) is 45.3 Å². The van der Waals surface area contributed by atoms with Crippen LogP contribution in [-0.2, 0) is 14.8 Å². The van der Waals surface area contributed by atoms with Gasteiger partial charge in [0.25, 0.3) is 10.0 Å². The number of fused-ring (bicyclic) bond motifs is 1. The average Bonchev–Trinajstić information content (AvgIpc) is 3.28. The maximum absolute atomic E-state index is 13.6. The number of carbonyl (C=O) groups excluding carboxylic acids is 1. The molecule has 1 N–H and O–H groups in total. The fourth-order valence-corrected chi connectivity index (χ4v) is 7.03. The number of amides is 1. The second kappa shape index (κ2) is 11.7. The summed E-state index contributed by atoms with van der Waals surface area (Å²) in [6, 6.07) is 18.2. The predicted molar refractivity (Wildman–Crippen MR) is 147 cm³/mol. The van der Waals surface area contributed by atoms with E-state index in [1.165, 1.54) is 49.2 Å². The summed E-state index contributed by atoms with van der Waals surface area (Å²) in [5.74, 6) is 0.367. The van der Waals surface area contributed by atoms with Crippen molar-refractivity contribution in [2.75, 3.05) is 30.3 Å². The molecule has 0 aliphatic rings. The third kappa shape index (κ3) is 6.24. The van der Waals surface area contributed by atoms with Crippen LogP contribution in [0.4, 0.5) is 5.69 Å². The summed E-state index contributed by atoms with van der Waals surface area (Å²) in [5, 5.41) is 3.48. The molecule has 12 heteroatoms. The summed E-state index contributed by atoms with van der Waals surface area (Å²) in [6.07, 6.45) is 0. The van der Waals surface area contributed by atoms with E-state index in [0.717, 1.165) is 18.9 Å². The highest BCUT2D eigenvalue weighted by atomic mass is 35.5. The first-order valence-corrected chi connectivity index (χ1v) is 14.6. The van der Waals surface area contributed by atoms with Gasteiger partial charge in [0, 0.05) is 22.3 Å². The number of benzene rings is 3. The van der Waals surface area contributed by atoms with Gasteiger partial charge in [0.1, 0.15) is 12.3 Å². The molecule has 0 bridgehead atoms. The molecule has 7 nitrogen and oxygen atoms in total. The molecule has 1 aromatic heterocycles. The zero-order valence-corrected chi connectivity index (χ0v) is 22.9. The Balaban J connectivity index is 1.49. The van der Waals surface area contributed by atoms with Crippen LogP contribution < -0.4 is 14.4 Å². The minimum absolute atomic E-state index is 0.0203. The van der Waals surface area contributed by atoms with Crippen molar-refractivity contribution in [2.24, 2.45) is 0 Å². The number of halogens is 2. The monoisotopic (exact) mass is 581 g/mol. The fraction of sp³-hybridized carbons (Fsp3) is 0.167. The molecule has 0 aliphatic heterocycles. The van der Waals surface area contributed by atoms with Crippen molar-refractivity contribution in [3.05, 3.63) is 76.8 Å². The molecule has 0 atom stereocenters. The molecular formula is C24H21Cl2N3O4S3. The van der Waals surface area contributed by atoms with E-state index >= 15 is 0 Å². The molecule has 1 amide bonds. The summed E-state index contributed by atoms with van der Waals surface area (Å²) in [5.41, 5.74) is 1.09. The molecule has 4 rings (SSSR count). The lowest BCUT2D eigenvalue weighted by Gasteiger charge is -2.26. The quantitative estimate of drug-likeness (QED) is 0.190. The Morgan fingerprint density at radius 1 is 1.08 bits per heavy atom. The van der Waals surface area contributed by atoms with Crippen LogP contribution in [0.3, 0.4) is 0 Å². The summed E-state index contributed by atoms with van der Waals surface area (Å²) in [4.78, 5) is 17.4. The Morgan fingerprint density at radius 2 is 1.81 bits per heavy atom. The van der Waals surface area contributed by atoms with E-state index in [1.807, 2.05) is 24.3 Å². The number of carbonyl (C=O) groups is 1. The van der Waals surface area contributed by atoms with Crippen LogP contribution >= 0.6 is 46.3 Å². The molecule has 0 radical (unpaired) electrons. The van der Waals surface area contributed by atoms with Gasteiger partial charge in [0.15, 0.2) is 4.34 Å². The summed E-state index contributed by atoms with van der Waals surface area (Å²) < 4.78 is 35.5. The normalized spacial score (nSPS) is 11.4. The number of rotatable bonds is 10. The van der Waals surface area contributed by atoms with E-state index in [-0.39, 0.29) is 16.3 Å². The standard InChI is InChI=1S/C24H21Cl2N3O4S3/c1-33-21-11-8-17(26)14-20(21)29(36(31,32)18-9-6-16(25)7-10-18)15-23(30)27-12-13-34-24-28-19-4-2-3-5-22(19)35-24/h2-11,14H,12-13,15H2,1H3,(H,27,30). The lowest BCUT2D eigenvalue weighted by atomic mass is 10.3. The Morgan fingerprint density at radius 3 is 2.53 bits per heavy atom. The Kier molecular flexibility index (Phi) is 8.63. The van der Waals surface area contributed by atoms with Crippen molar-refractivity contribution in [2.45, 2.75) is 9.24 Å². The molecule has 3 aromatic carbocycles. The maximum atomic E-state index is 13.6. The Labute approximate surface area is 227 Å². The smallest absolute Gasteiger partial charge is 0.264 e. The lowest BCUT2D eigenvalue weighted by Crippen LogP contribution is -2.41. The highest BCUT2D eigenvalue weighted by Crippen LogP contribution is 2.35. The molecular weight excluding hydrogens is 561 g/mol. The van der Waals surface area contributed by atoms with E-state index in [1.54, 1.807) is 23.5 Å². The van der Waals surface area contributed by atoms with Gasteiger partial charge in [0.2, 0.25) is 5.91 Å². The lowest BCUT2D eigenvalue weighted by molar-refractivity contribution is -0.119. The van der Waals surface area contributed by atoms with Gasteiger partial charge < -0.3 is 10.1 Å². The van der Waals surface area contributed by atoms with E-state index in [2.05, 4.69) is 10.3 Å². The molecule has 0 fully saturated rings. The third-order valence-electron chi connectivity index (χ3n) is 5.02. The molecule has 0 saturated heterocycles. The highest BCUT2D eigenvalue weighted by Gasteiger charge is 2.29. The Bertz CT molecular complexity index is 1440. The molecule has 1 heterocycles. The van der Waals surface area contributed by atoms with E-state index < -0.39 is 22.5 Å². The first-order valence-electron chi connectivity index (χ1n) is 10.6. The molecule has 0 spiro atoms. The summed E-state index contributed by atoms with van der Waals surface area (Å²) in [6.45, 7) is -0.131. The number of nitrogens with one attached hydrogen (secondary N) is 1. The van der Waals surface area contributed by atoms with Gasteiger partial charge >= 0.3 is 0 Å². The SMILES string of the molecule is COc1ccc(Cl)cc1N(CC(=O)NCCSc1nc2ccccc2s1)S(=O)(=O)c1ccc(Cl)cc1. The molecule has 4 aromatic rings. The van der Waals surface area contributed by atoms with Crippen molar-refractivity contribution in [1.29, 1.82) is 0 Å². The number of hydrogen-bond acceptors (Lipinski definition) is 7. The predicted octanol–water partition coefficient (Wildman–Crippen LogP) is 5.72. The zero-order chi connectivity index (χ0) is 25.7.